The summed E-state index contributed by atoms with van der Waals surface area (Å²) in [6.07, 6.45) is 5.80. The lowest BCUT2D eigenvalue weighted by molar-refractivity contribution is -0.125. The molecule has 0 bridgehead atoms. The highest BCUT2D eigenvalue weighted by Gasteiger charge is 2.27. The van der Waals surface area contributed by atoms with E-state index in [1.54, 1.807) is 7.11 Å². The molecule has 162 valence electrons. The van der Waals surface area contributed by atoms with Gasteiger partial charge in [-0.2, -0.15) is 0 Å². The van der Waals surface area contributed by atoms with Gasteiger partial charge in [0.1, 0.15) is 6.61 Å². The van der Waals surface area contributed by atoms with Gasteiger partial charge in [0.05, 0.1) is 15.7 Å². The van der Waals surface area contributed by atoms with Crippen LogP contribution in [0.25, 0.3) is 0 Å². The van der Waals surface area contributed by atoms with E-state index in [0.29, 0.717) is 22.1 Å². The Morgan fingerprint density at radius 3 is 2.66 bits per heavy atom. The number of nitrogens with one attached hydrogen (secondary N) is 1. The number of anilines is 1. The Kier molecular flexibility index (Phi) is 8.48. The molecule has 7 heteroatoms. The molecule has 3 rings (SSSR count). The van der Waals surface area contributed by atoms with E-state index in [0.717, 1.165) is 50.6 Å². The van der Waals surface area contributed by atoms with E-state index in [2.05, 4.69) is 28.1 Å². The van der Waals surface area contributed by atoms with Gasteiger partial charge in [-0.1, -0.05) is 29.3 Å². The molecule has 0 aromatic heterocycles. The zero-order valence-electron chi connectivity index (χ0n) is 17.5. The van der Waals surface area contributed by atoms with Crippen molar-refractivity contribution in [3.63, 3.8) is 0 Å². The van der Waals surface area contributed by atoms with Gasteiger partial charge in [0.2, 0.25) is 5.91 Å². The monoisotopic (exact) mass is 441 g/mol. The molecule has 0 spiro atoms. The zero-order valence-corrected chi connectivity index (χ0v) is 19.0. The van der Waals surface area contributed by atoms with Crippen LogP contribution in [-0.4, -0.2) is 62.8 Å². The van der Waals surface area contributed by atoms with Crippen LogP contribution in [0.2, 0.25) is 10.0 Å². The van der Waals surface area contributed by atoms with Gasteiger partial charge in [-0.05, 0) is 63.6 Å². The molecule has 29 heavy (non-hydrogen) atoms. The molecule has 1 aliphatic carbocycles. The van der Waals surface area contributed by atoms with Crippen LogP contribution < -0.4 is 10.2 Å². The molecule has 5 nitrogen and oxygen atoms in total. The van der Waals surface area contributed by atoms with Crippen LogP contribution in [-0.2, 0) is 9.53 Å². The summed E-state index contributed by atoms with van der Waals surface area (Å²) in [5, 5.41) is 4.36. The second-order valence-corrected chi connectivity index (χ2v) is 9.21. The number of halogens is 2. The Balaban J connectivity index is 1.40. The molecule has 2 aliphatic rings. The molecule has 1 aromatic rings. The standard InChI is InChI=1S/C22H33Cl2N3O2/c1-16-14-26(12-13-27(16)20-5-3-4-19(23)22(20)24)11-10-17-6-8-18(9-7-17)25-21(28)15-29-2/h3-5,16-18H,6-15H2,1-2H3,(H,25,28). The number of benzene rings is 1. The number of carbonyl (C=O) groups excluding carboxylic acids is 1. The average molecular weight is 442 g/mol. The molecular formula is C22H33Cl2N3O2. The molecule has 1 atom stereocenters. The number of nitrogens with zero attached hydrogens (tertiary/aromatic N) is 2. The molecule has 1 saturated carbocycles. The average Bonchev–Trinajstić information content (AvgIpc) is 2.70. The van der Waals surface area contributed by atoms with Gasteiger partial charge in [0.15, 0.2) is 0 Å². The number of methoxy groups -OCH3 is 1. The van der Waals surface area contributed by atoms with Crippen molar-refractivity contribution in [3.05, 3.63) is 28.2 Å². The highest BCUT2D eigenvalue weighted by Crippen LogP contribution is 2.34. The molecule has 0 radical (unpaired) electrons. The molecule has 1 aromatic carbocycles. The van der Waals surface area contributed by atoms with Crippen LogP contribution in [0.3, 0.4) is 0 Å². The second-order valence-electron chi connectivity index (χ2n) is 8.42. The first kappa shape index (κ1) is 22.7. The maximum absolute atomic E-state index is 11.7. The highest BCUT2D eigenvalue weighted by atomic mass is 35.5. The van der Waals surface area contributed by atoms with Gasteiger partial charge in [-0.3, -0.25) is 9.69 Å². The van der Waals surface area contributed by atoms with Gasteiger partial charge in [-0.15, -0.1) is 0 Å². The van der Waals surface area contributed by atoms with E-state index in [-0.39, 0.29) is 12.5 Å². The largest absolute Gasteiger partial charge is 0.375 e. The molecule has 1 aliphatic heterocycles. The summed E-state index contributed by atoms with van der Waals surface area (Å²) in [6.45, 7) is 6.63. The minimum absolute atomic E-state index is 0.00242. The summed E-state index contributed by atoms with van der Waals surface area (Å²) < 4.78 is 4.89. The molecule has 1 heterocycles. The van der Waals surface area contributed by atoms with E-state index in [9.17, 15) is 4.79 Å². The SMILES string of the molecule is COCC(=O)NC1CCC(CCN2CCN(c3cccc(Cl)c3Cl)C(C)C2)CC1. The third-order valence-corrected chi connectivity index (χ3v) is 7.10. The van der Waals surface area contributed by atoms with Gasteiger partial charge in [0, 0.05) is 38.8 Å². The first-order valence-corrected chi connectivity index (χ1v) is 11.4. The van der Waals surface area contributed by atoms with E-state index in [1.807, 2.05) is 12.1 Å². The van der Waals surface area contributed by atoms with Gasteiger partial charge in [0.25, 0.3) is 0 Å². The molecule has 2 fully saturated rings. The fourth-order valence-electron chi connectivity index (χ4n) is 4.67. The third-order valence-electron chi connectivity index (χ3n) is 6.29. The zero-order chi connectivity index (χ0) is 20.8. The van der Waals surface area contributed by atoms with Crippen molar-refractivity contribution in [2.75, 3.05) is 44.8 Å². The lowest BCUT2D eigenvalue weighted by Crippen LogP contribution is -2.52. The lowest BCUT2D eigenvalue weighted by Gasteiger charge is -2.42. The van der Waals surface area contributed by atoms with Gasteiger partial charge >= 0.3 is 0 Å². The predicted octanol–water partition coefficient (Wildman–Crippen LogP) is 4.22. The maximum atomic E-state index is 11.7. The summed E-state index contributed by atoms with van der Waals surface area (Å²) in [7, 11) is 1.56. The summed E-state index contributed by atoms with van der Waals surface area (Å²) in [6, 6.07) is 6.60. The molecule has 1 amide bonds. The molecular weight excluding hydrogens is 409 g/mol. The Morgan fingerprint density at radius 2 is 1.97 bits per heavy atom. The van der Waals surface area contributed by atoms with Crippen LogP contribution in [0.15, 0.2) is 18.2 Å². The number of amides is 1. The van der Waals surface area contributed by atoms with Crippen LogP contribution >= 0.6 is 23.2 Å². The highest BCUT2D eigenvalue weighted by molar-refractivity contribution is 6.43. The number of ether oxygens (including phenoxy) is 1. The smallest absolute Gasteiger partial charge is 0.246 e. The van der Waals surface area contributed by atoms with Crippen LogP contribution in [0.1, 0.15) is 39.0 Å². The minimum atomic E-state index is 0.00242. The van der Waals surface area contributed by atoms with Crippen molar-refractivity contribution in [2.45, 2.75) is 51.1 Å². The van der Waals surface area contributed by atoms with E-state index < -0.39 is 0 Å². The van der Waals surface area contributed by atoms with Crippen molar-refractivity contribution in [1.82, 2.24) is 10.2 Å². The normalized spacial score (nSPS) is 25.8. The first-order valence-electron chi connectivity index (χ1n) is 10.7. The van der Waals surface area contributed by atoms with E-state index in [1.165, 1.54) is 19.3 Å². The Hall–Kier alpha value is -1.01. The minimum Gasteiger partial charge on any atom is -0.375 e. The number of carbonyl (C=O) groups is 1. The summed E-state index contributed by atoms with van der Waals surface area (Å²) in [4.78, 5) is 16.6. The summed E-state index contributed by atoms with van der Waals surface area (Å²) >= 11 is 12.6. The molecule has 1 N–H and O–H groups in total. The van der Waals surface area contributed by atoms with Crippen LogP contribution in [0, 0.1) is 5.92 Å². The fraction of sp³-hybridized carbons (Fsp3) is 0.682. The van der Waals surface area contributed by atoms with Crippen molar-refractivity contribution in [2.24, 2.45) is 5.92 Å². The number of hydrogen-bond acceptors (Lipinski definition) is 4. The molecule has 1 unspecified atom stereocenters. The summed E-state index contributed by atoms with van der Waals surface area (Å²) in [5.41, 5.74) is 1.04. The van der Waals surface area contributed by atoms with E-state index >= 15 is 0 Å². The number of piperazine rings is 1. The van der Waals surface area contributed by atoms with Gasteiger partial charge in [-0.25, -0.2) is 0 Å². The molecule has 1 saturated heterocycles. The summed E-state index contributed by atoms with van der Waals surface area (Å²) in [5.74, 6) is 0.768. The Morgan fingerprint density at radius 1 is 1.21 bits per heavy atom. The Labute approximate surface area is 184 Å². The van der Waals surface area contributed by atoms with Crippen molar-refractivity contribution in [3.8, 4) is 0 Å². The van der Waals surface area contributed by atoms with Crippen molar-refractivity contribution in [1.29, 1.82) is 0 Å². The van der Waals surface area contributed by atoms with Crippen LogP contribution in [0.5, 0.6) is 0 Å². The maximum Gasteiger partial charge on any atom is 0.246 e. The topological polar surface area (TPSA) is 44.8 Å². The van der Waals surface area contributed by atoms with Gasteiger partial charge < -0.3 is 15.0 Å². The quantitative estimate of drug-likeness (QED) is 0.687. The fourth-order valence-corrected chi connectivity index (χ4v) is 5.07. The van der Waals surface area contributed by atoms with Crippen molar-refractivity contribution >= 4 is 34.8 Å². The second kappa shape index (κ2) is 10.9. The van der Waals surface area contributed by atoms with E-state index in [4.69, 9.17) is 27.9 Å². The number of hydrogen-bond donors (Lipinski definition) is 1. The number of rotatable bonds is 7. The lowest BCUT2D eigenvalue weighted by atomic mass is 9.84. The van der Waals surface area contributed by atoms with Crippen LogP contribution in [0.4, 0.5) is 5.69 Å². The first-order chi connectivity index (χ1) is 14.0. The predicted molar refractivity (Wildman–Crippen MR) is 120 cm³/mol. The van der Waals surface area contributed by atoms with Crippen molar-refractivity contribution < 1.29 is 9.53 Å². The Bertz CT molecular complexity index is 680. The third kappa shape index (κ3) is 6.24.